The Kier molecular flexibility index (Phi) is 12.3. The predicted octanol–water partition coefficient (Wildman–Crippen LogP) is 5.04. The molecule has 0 unspecified atom stereocenters. The van der Waals surface area contributed by atoms with Crippen molar-refractivity contribution in [1.29, 1.82) is 0 Å². The Morgan fingerprint density at radius 3 is 1.58 bits per heavy atom. The van der Waals surface area contributed by atoms with E-state index in [0.29, 0.717) is 25.7 Å². The van der Waals surface area contributed by atoms with Crippen molar-refractivity contribution in [2.75, 3.05) is 26.4 Å². The molecule has 0 aliphatic heterocycles. The monoisotopic (exact) mass is 544 g/mol. The summed E-state index contributed by atoms with van der Waals surface area (Å²) in [7, 11) is 0. The van der Waals surface area contributed by atoms with Gasteiger partial charge >= 0.3 is 11.9 Å². The quantitative estimate of drug-likeness (QED) is 0.206. The van der Waals surface area contributed by atoms with Crippen molar-refractivity contribution in [3.63, 3.8) is 0 Å². The number of nitrogens with zero attached hydrogens (tertiary/aromatic N) is 2. The van der Waals surface area contributed by atoms with Crippen molar-refractivity contribution in [1.82, 2.24) is 9.97 Å². The fourth-order valence-electron chi connectivity index (χ4n) is 2.61. The highest BCUT2D eigenvalue weighted by Gasteiger charge is 2.27. The number of pyridine rings is 2. The average Bonchev–Trinajstić information content (AvgIpc) is 2.85. The minimum atomic E-state index is -3.08. The molecule has 208 valence electrons. The van der Waals surface area contributed by atoms with Crippen LogP contribution < -0.4 is 9.47 Å². The first kappa shape index (κ1) is 32.0. The highest BCUT2D eigenvalue weighted by molar-refractivity contribution is 6.00. The molecule has 2 aromatic heterocycles. The van der Waals surface area contributed by atoms with Crippen molar-refractivity contribution in [2.45, 2.75) is 39.5 Å². The third-order valence-corrected chi connectivity index (χ3v) is 4.13. The van der Waals surface area contributed by atoms with Gasteiger partial charge in [0.25, 0.3) is 11.8 Å². The molecule has 0 bridgehead atoms. The lowest BCUT2D eigenvalue weighted by atomic mass is 10.1. The lowest BCUT2D eigenvalue weighted by molar-refractivity contribution is -0.0250. The van der Waals surface area contributed by atoms with E-state index >= 15 is 0 Å². The smallest absolute Gasteiger partial charge is 0.344 e. The molecule has 0 aliphatic carbocycles. The van der Waals surface area contributed by atoms with Crippen molar-refractivity contribution >= 4 is 24.3 Å². The van der Waals surface area contributed by atoms with Gasteiger partial charge in [0.15, 0.2) is 19.5 Å². The van der Waals surface area contributed by atoms with Gasteiger partial charge in [-0.15, -0.1) is 0 Å². The molecule has 9 nitrogen and oxygen atoms in total. The van der Waals surface area contributed by atoms with Crippen LogP contribution in [0.25, 0.3) is 6.08 Å². The maximum atomic E-state index is 12.8. The van der Waals surface area contributed by atoms with Gasteiger partial charge in [0.05, 0.1) is 13.2 Å². The number of ether oxygens (including phenoxy) is 4. The van der Waals surface area contributed by atoms with Crippen molar-refractivity contribution in [3.05, 3.63) is 53.4 Å². The molecule has 0 aliphatic rings. The van der Waals surface area contributed by atoms with E-state index in [2.05, 4.69) is 16.5 Å². The van der Waals surface area contributed by atoms with Crippen LogP contribution in [0.5, 0.6) is 11.8 Å². The zero-order chi connectivity index (χ0) is 28.9. The maximum Gasteiger partial charge on any atom is 0.344 e. The number of hydrogen-bond donors (Lipinski definition) is 0. The lowest BCUT2D eigenvalue weighted by Gasteiger charge is -2.14. The zero-order valence-electron chi connectivity index (χ0n) is 21.3. The molecule has 0 aromatic carbocycles. The van der Waals surface area contributed by atoms with Gasteiger partial charge in [-0.05, 0) is 31.5 Å². The van der Waals surface area contributed by atoms with Gasteiger partial charge in [0.2, 0.25) is 11.8 Å². The number of aromatic nitrogens is 2. The number of halogens is 4. The fraction of sp³-hybridized carbons (Fsp3) is 0.400. The van der Waals surface area contributed by atoms with Crippen LogP contribution in [0.1, 0.15) is 64.3 Å². The van der Waals surface area contributed by atoms with E-state index in [9.17, 15) is 31.9 Å². The average molecular weight is 544 g/mol. The van der Waals surface area contributed by atoms with Gasteiger partial charge in [-0.3, -0.25) is 4.79 Å². The van der Waals surface area contributed by atoms with Gasteiger partial charge in [-0.2, -0.15) is 0 Å². The molecule has 0 saturated carbocycles. The molecule has 0 fully saturated rings. The Morgan fingerprint density at radius 2 is 1.24 bits per heavy atom. The summed E-state index contributed by atoms with van der Waals surface area (Å²) >= 11 is 0. The summed E-state index contributed by atoms with van der Waals surface area (Å²) in [6, 6.07) is 2.80. The molecule has 0 saturated heterocycles. The molecule has 0 radical (unpaired) electrons. The lowest BCUT2D eigenvalue weighted by Crippen LogP contribution is -2.23. The van der Waals surface area contributed by atoms with E-state index in [1.54, 1.807) is 13.8 Å². The highest BCUT2D eigenvalue weighted by Crippen LogP contribution is 2.24. The molecule has 2 rings (SSSR count). The molecule has 0 amide bonds. The molecule has 0 N–H and O–H groups in total. The minimum Gasteiger partial charge on any atom is -0.471 e. The Labute approximate surface area is 216 Å². The first-order valence-electron chi connectivity index (χ1n) is 11.2. The molecular weight excluding hydrogens is 516 g/mol. The van der Waals surface area contributed by atoms with E-state index < -0.39 is 37.0 Å². The second-order valence-electron chi connectivity index (χ2n) is 7.64. The maximum absolute atomic E-state index is 12.8. The van der Waals surface area contributed by atoms with Crippen LogP contribution in [0.3, 0.4) is 0 Å². The molecule has 0 spiro atoms. The largest absolute Gasteiger partial charge is 0.471 e. The summed E-state index contributed by atoms with van der Waals surface area (Å²) in [6.45, 7) is 6.57. The Morgan fingerprint density at radius 1 is 0.842 bits per heavy atom. The second-order valence-corrected chi connectivity index (χ2v) is 7.64. The molecule has 13 heteroatoms. The van der Waals surface area contributed by atoms with Crippen molar-refractivity contribution in [3.8, 4) is 11.8 Å². The standard InChI is InChI=1S/C13H15F2NO3.C12H13F2NO4/c1-4-9-6-7-16-11(19-8-13(3,14)15)10(9)12(17)18-5-2;1-3-18-11(17)9-8(6-16)4-5-15-10(9)19-7-12(2,13)14/h4,6-7H,1,5,8H2,2-3H3;4-6H,3,7H2,1-2H3. The number of carbonyl (C=O) groups is 3. The number of aldehydes is 1. The summed E-state index contributed by atoms with van der Waals surface area (Å²) in [6.07, 6.45) is 4.36. The van der Waals surface area contributed by atoms with Crippen LogP contribution in [0.15, 0.2) is 31.1 Å². The summed E-state index contributed by atoms with van der Waals surface area (Å²) in [5, 5.41) is 0. The number of alkyl halides is 4. The Balaban J connectivity index is 0.000000380. The third-order valence-electron chi connectivity index (χ3n) is 4.13. The van der Waals surface area contributed by atoms with E-state index in [-0.39, 0.29) is 41.7 Å². The van der Waals surface area contributed by atoms with Gasteiger partial charge < -0.3 is 18.9 Å². The van der Waals surface area contributed by atoms with Crippen LogP contribution in [-0.4, -0.2) is 66.5 Å². The van der Waals surface area contributed by atoms with E-state index in [1.165, 1.54) is 30.6 Å². The molecule has 0 atom stereocenters. The van der Waals surface area contributed by atoms with Gasteiger partial charge in [-0.25, -0.2) is 37.1 Å². The Bertz CT molecular complexity index is 1030. The van der Waals surface area contributed by atoms with Gasteiger partial charge in [-0.1, -0.05) is 12.7 Å². The third kappa shape index (κ3) is 10.5. The van der Waals surface area contributed by atoms with Crippen molar-refractivity contribution < 1.29 is 50.9 Å². The van der Waals surface area contributed by atoms with E-state index in [4.69, 9.17) is 18.9 Å². The zero-order valence-corrected chi connectivity index (χ0v) is 21.3. The fourth-order valence-corrected chi connectivity index (χ4v) is 2.61. The van der Waals surface area contributed by atoms with Gasteiger partial charge in [0, 0.05) is 31.8 Å². The predicted molar refractivity (Wildman–Crippen MR) is 128 cm³/mol. The summed E-state index contributed by atoms with van der Waals surface area (Å²) in [5.74, 6) is -8.14. The van der Waals surface area contributed by atoms with Crippen molar-refractivity contribution in [2.24, 2.45) is 0 Å². The number of rotatable bonds is 12. The summed E-state index contributed by atoms with van der Waals surface area (Å²) in [5.41, 5.74) is 0.151. The molecule has 2 heterocycles. The number of carbonyl (C=O) groups excluding carboxylic acids is 3. The SMILES string of the molecule is C=Cc1ccnc(OCC(C)(F)F)c1C(=O)OCC.CCOC(=O)c1c(C=O)ccnc1OCC(C)(F)F. The summed E-state index contributed by atoms with van der Waals surface area (Å²) < 4.78 is 70.3. The van der Waals surface area contributed by atoms with Crippen LogP contribution in [0.4, 0.5) is 17.6 Å². The van der Waals surface area contributed by atoms with Gasteiger partial charge in [0.1, 0.15) is 11.1 Å². The second kappa shape index (κ2) is 14.6. The minimum absolute atomic E-state index is 0.00333. The molecule has 2 aromatic rings. The van der Waals surface area contributed by atoms with E-state index in [0.717, 1.165) is 0 Å². The Hall–Kier alpha value is -4.03. The van der Waals surface area contributed by atoms with Crippen LogP contribution in [0, 0.1) is 0 Å². The first-order chi connectivity index (χ1) is 17.8. The van der Waals surface area contributed by atoms with Crippen LogP contribution >= 0.6 is 0 Å². The van der Waals surface area contributed by atoms with Crippen LogP contribution in [-0.2, 0) is 9.47 Å². The highest BCUT2D eigenvalue weighted by atomic mass is 19.3. The molecular formula is C25H28F4N2O7. The molecule has 38 heavy (non-hydrogen) atoms. The normalized spacial score (nSPS) is 10.9. The number of esters is 2. The van der Waals surface area contributed by atoms with E-state index in [1.807, 2.05) is 0 Å². The number of hydrogen-bond acceptors (Lipinski definition) is 9. The first-order valence-corrected chi connectivity index (χ1v) is 11.2. The topological polar surface area (TPSA) is 114 Å². The summed E-state index contributed by atoms with van der Waals surface area (Å²) in [4.78, 5) is 41.8. The van der Waals surface area contributed by atoms with Crippen LogP contribution in [0.2, 0.25) is 0 Å².